The van der Waals surface area contributed by atoms with E-state index < -0.39 is 0 Å². The normalized spacial score (nSPS) is 33.8. The molecule has 12 heavy (non-hydrogen) atoms. The summed E-state index contributed by atoms with van der Waals surface area (Å²) in [6.07, 6.45) is 6.24. The Bertz CT molecular complexity index is 138. The summed E-state index contributed by atoms with van der Waals surface area (Å²) in [4.78, 5) is 0. The molecule has 0 amide bonds. The summed E-state index contributed by atoms with van der Waals surface area (Å²) in [6, 6.07) is 0. The first-order valence-corrected chi connectivity index (χ1v) is 5.10. The SMILES string of the molecule is CCCCCC1(CN)CC1CO. The van der Waals surface area contributed by atoms with Gasteiger partial charge in [0.15, 0.2) is 0 Å². The predicted octanol–water partition coefficient (Wildman–Crippen LogP) is 1.52. The maximum atomic E-state index is 8.97. The van der Waals surface area contributed by atoms with Crippen molar-refractivity contribution in [1.82, 2.24) is 0 Å². The highest BCUT2D eigenvalue weighted by Gasteiger charge is 2.51. The molecule has 0 aromatic carbocycles. The molecule has 0 saturated heterocycles. The standard InChI is InChI=1S/C10H21NO/c1-2-3-4-5-10(8-11)6-9(10)7-12/h9,12H,2-8,11H2,1H3. The third-order valence-electron chi connectivity index (χ3n) is 3.26. The van der Waals surface area contributed by atoms with Gasteiger partial charge in [-0.15, -0.1) is 0 Å². The molecule has 0 radical (unpaired) electrons. The quantitative estimate of drug-likeness (QED) is 0.595. The second-order valence-corrected chi connectivity index (χ2v) is 4.11. The Balaban J connectivity index is 2.19. The van der Waals surface area contributed by atoms with E-state index in [4.69, 9.17) is 10.8 Å². The van der Waals surface area contributed by atoms with Crippen LogP contribution >= 0.6 is 0 Å². The molecule has 1 rings (SSSR count). The fourth-order valence-electron chi connectivity index (χ4n) is 2.08. The fraction of sp³-hybridized carbons (Fsp3) is 1.00. The van der Waals surface area contributed by atoms with Crippen molar-refractivity contribution < 1.29 is 5.11 Å². The van der Waals surface area contributed by atoms with E-state index in [0.29, 0.717) is 17.9 Å². The summed E-state index contributed by atoms with van der Waals surface area (Å²) < 4.78 is 0. The summed E-state index contributed by atoms with van der Waals surface area (Å²) >= 11 is 0. The van der Waals surface area contributed by atoms with Crippen molar-refractivity contribution in [2.75, 3.05) is 13.2 Å². The second kappa shape index (κ2) is 4.24. The van der Waals surface area contributed by atoms with Gasteiger partial charge in [0, 0.05) is 6.61 Å². The van der Waals surface area contributed by atoms with Crippen LogP contribution in [0.1, 0.15) is 39.0 Å². The van der Waals surface area contributed by atoms with Crippen molar-refractivity contribution in [2.45, 2.75) is 39.0 Å². The molecule has 0 spiro atoms. The molecule has 1 saturated carbocycles. The molecule has 1 aliphatic carbocycles. The minimum Gasteiger partial charge on any atom is -0.396 e. The molecule has 72 valence electrons. The summed E-state index contributed by atoms with van der Waals surface area (Å²) in [7, 11) is 0. The van der Waals surface area contributed by atoms with Gasteiger partial charge in [-0.05, 0) is 30.7 Å². The van der Waals surface area contributed by atoms with Crippen molar-refractivity contribution in [3.63, 3.8) is 0 Å². The van der Waals surface area contributed by atoms with Crippen molar-refractivity contribution >= 4 is 0 Å². The van der Waals surface area contributed by atoms with Crippen LogP contribution in [0.3, 0.4) is 0 Å². The van der Waals surface area contributed by atoms with Gasteiger partial charge >= 0.3 is 0 Å². The van der Waals surface area contributed by atoms with Gasteiger partial charge in [-0.25, -0.2) is 0 Å². The zero-order valence-electron chi connectivity index (χ0n) is 8.05. The van der Waals surface area contributed by atoms with Gasteiger partial charge in [0.05, 0.1) is 0 Å². The molecule has 2 atom stereocenters. The lowest BCUT2D eigenvalue weighted by molar-refractivity contribution is 0.244. The van der Waals surface area contributed by atoms with Gasteiger partial charge < -0.3 is 10.8 Å². The average molecular weight is 171 g/mol. The van der Waals surface area contributed by atoms with Crippen molar-refractivity contribution in [1.29, 1.82) is 0 Å². The van der Waals surface area contributed by atoms with Crippen molar-refractivity contribution in [2.24, 2.45) is 17.1 Å². The molecule has 0 bridgehead atoms. The van der Waals surface area contributed by atoms with Gasteiger partial charge in [0.25, 0.3) is 0 Å². The number of aliphatic hydroxyl groups is 1. The number of rotatable bonds is 6. The number of nitrogens with two attached hydrogens (primary N) is 1. The van der Waals surface area contributed by atoms with Crippen LogP contribution in [0.15, 0.2) is 0 Å². The minimum absolute atomic E-state index is 0.337. The first-order chi connectivity index (χ1) is 5.79. The van der Waals surface area contributed by atoms with Crippen molar-refractivity contribution in [3.8, 4) is 0 Å². The lowest BCUT2D eigenvalue weighted by Gasteiger charge is -2.13. The first kappa shape index (κ1) is 10.0. The largest absolute Gasteiger partial charge is 0.396 e. The van der Waals surface area contributed by atoms with Gasteiger partial charge in [-0.2, -0.15) is 0 Å². The topological polar surface area (TPSA) is 46.2 Å². The second-order valence-electron chi connectivity index (χ2n) is 4.11. The molecular formula is C10H21NO. The van der Waals surface area contributed by atoms with Crippen LogP contribution < -0.4 is 5.73 Å². The van der Waals surface area contributed by atoms with Gasteiger partial charge in [0.2, 0.25) is 0 Å². The van der Waals surface area contributed by atoms with E-state index in [2.05, 4.69) is 6.92 Å². The maximum Gasteiger partial charge on any atom is 0.0465 e. The van der Waals surface area contributed by atoms with E-state index in [1.54, 1.807) is 0 Å². The Morgan fingerprint density at radius 2 is 2.25 bits per heavy atom. The minimum atomic E-state index is 0.337. The van der Waals surface area contributed by atoms with Crippen LogP contribution in [-0.4, -0.2) is 18.3 Å². The van der Waals surface area contributed by atoms with Gasteiger partial charge in [-0.3, -0.25) is 0 Å². The summed E-state index contributed by atoms with van der Waals surface area (Å²) in [6.45, 7) is 3.32. The summed E-state index contributed by atoms with van der Waals surface area (Å²) in [5.41, 5.74) is 6.04. The summed E-state index contributed by atoms with van der Waals surface area (Å²) in [5.74, 6) is 0.513. The van der Waals surface area contributed by atoms with Crippen LogP contribution in [0, 0.1) is 11.3 Å². The molecule has 0 heterocycles. The van der Waals surface area contributed by atoms with Gasteiger partial charge in [0.1, 0.15) is 0 Å². The van der Waals surface area contributed by atoms with E-state index in [1.165, 1.54) is 25.7 Å². The molecule has 1 aliphatic rings. The monoisotopic (exact) mass is 171 g/mol. The van der Waals surface area contributed by atoms with E-state index in [-0.39, 0.29) is 0 Å². The molecule has 0 aromatic rings. The third kappa shape index (κ3) is 1.99. The number of hydrogen-bond acceptors (Lipinski definition) is 2. The zero-order valence-corrected chi connectivity index (χ0v) is 8.05. The highest BCUT2D eigenvalue weighted by atomic mass is 16.3. The Labute approximate surface area is 75.2 Å². The molecule has 0 aromatic heterocycles. The molecule has 1 fully saturated rings. The Kier molecular flexibility index (Phi) is 3.53. The molecule has 2 heteroatoms. The predicted molar refractivity (Wildman–Crippen MR) is 50.8 cm³/mol. The molecule has 2 nitrogen and oxygen atoms in total. The van der Waals surface area contributed by atoms with Gasteiger partial charge in [-0.1, -0.05) is 26.2 Å². The number of unbranched alkanes of at least 4 members (excludes halogenated alkanes) is 2. The Morgan fingerprint density at radius 1 is 1.50 bits per heavy atom. The molecule has 3 N–H and O–H groups in total. The third-order valence-corrected chi connectivity index (χ3v) is 3.26. The lowest BCUT2D eigenvalue weighted by Crippen LogP contribution is -2.19. The number of aliphatic hydroxyl groups excluding tert-OH is 1. The lowest BCUT2D eigenvalue weighted by atomic mass is 9.96. The molecular weight excluding hydrogens is 150 g/mol. The summed E-state index contributed by atoms with van der Waals surface area (Å²) in [5, 5.41) is 8.97. The number of hydrogen-bond donors (Lipinski definition) is 2. The highest BCUT2D eigenvalue weighted by molar-refractivity contribution is 5.02. The van der Waals surface area contributed by atoms with E-state index >= 15 is 0 Å². The van der Waals surface area contributed by atoms with Crippen LogP contribution in [0.25, 0.3) is 0 Å². The first-order valence-electron chi connectivity index (χ1n) is 5.10. The smallest absolute Gasteiger partial charge is 0.0465 e. The molecule has 0 aliphatic heterocycles. The Morgan fingerprint density at radius 3 is 2.67 bits per heavy atom. The van der Waals surface area contributed by atoms with E-state index in [9.17, 15) is 0 Å². The van der Waals surface area contributed by atoms with E-state index in [1.807, 2.05) is 0 Å². The van der Waals surface area contributed by atoms with Crippen LogP contribution in [0.5, 0.6) is 0 Å². The molecule has 2 unspecified atom stereocenters. The zero-order chi connectivity index (χ0) is 9.03. The van der Waals surface area contributed by atoms with Crippen LogP contribution in [-0.2, 0) is 0 Å². The van der Waals surface area contributed by atoms with Crippen molar-refractivity contribution in [3.05, 3.63) is 0 Å². The van der Waals surface area contributed by atoms with Crippen LogP contribution in [0.2, 0.25) is 0 Å². The highest BCUT2D eigenvalue weighted by Crippen LogP contribution is 2.54. The maximum absolute atomic E-state index is 8.97. The van der Waals surface area contributed by atoms with Crippen LogP contribution in [0.4, 0.5) is 0 Å². The Hall–Kier alpha value is -0.0800. The van der Waals surface area contributed by atoms with E-state index in [0.717, 1.165) is 13.0 Å². The fourth-order valence-corrected chi connectivity index (χ4v) is 2.08. The average Bonchev–Trinajstić information content (AvgIpc) is 2.80.